The number of aldehydes is 1. The Hall–Kier alpha value is -1.10. The van der Waals surface area contributed by atoms with Crippen LogP contribution in [0.4, 0.5) is 13.2 Å². The molecule has 1 rings (SSSR count). The average Bonchev–Trinajstić information content (AvgIpc) is 2.12. The first-order valence-corrected chi connectivity index (χ1v) is 4.72. The van der Waals surface area contributed by atoms with E-state index in [1.54, 1.807) is 0 Å². The standard InChI is InChI=1S/C10H6BrF3O/c11-9-5-7(2-1-3-15)4-8(6-9)10(12,13)14/h1-6H/b2-1+. The Morgan fingerprint density at radius 3 is 2.40 bits per heavy atom. The molecule has 0 fully saturated rings. The lowest BCUT2D eigenvalue weighted by Crippen LogP contribution is -2.04. The van der Waals surface area contributed by atoms with Gasteiger partial charge in [-0.15, -0.1) is 0 Å². The summed E-state index contributed by atoms with van der Waals surface area (Å²) in [7, 11) is 0. The second-order valence-corrected chi connectivity index (χ2v) is 3.68. The van der Waals surface area contributed by atoms with E-state index < -0.39 is 11.7 Å². The van der Waals surface area contributed by atoms with Crippen molar-refractivity contribution in [2.45, 2.75) is 6.18 Å². The summed E-state index contributed by atoms with van der Waals surface area (Å²) < 4.78 is 37.4. The van der Waals surface area contributed by atoms with E-state index in [9.17, 15) is 18.0 Å². The molecule has 0 bridgehead atoms. The van der Waals surface area contributed by atoms with Crippen LogP contribution in [0.3, 0.4) is 0 Å². The second kappa shape index (κ2) is 4.61. The minimum atomic E-state index is -4.38. The fourth-order valence-electron chi connectivity index (χ4n) is 1.02. The Bertz CT molecular complexity index is 396. The molecule has 0 amide bonds. The number of halogens is 4. The molecule has 5 heteroatoms. The van der Waals surface area contributed by atoms with Gasteiger partial charge in [0.25, 0.3) is 0 Å². The number of carbonyl (C=O) groups is 1. The van der Waals surface area contributed by atoms with E-state index in [1.165, 1.54) is 12.1 Å². The fourth-order valence-corrected chi connectivity index (χ4v) is 1.53. The molecule has 15 heavy (non-hydrogen) atoms. The maximum atomic E-state index is 12.4. The minimum Gasteiger partial charge on any atom is -0.299 e. The molecule has 0 aliphatic carbocycles. The van der Waals surface area contributed by atoms with E-state index in [0.717, 1.165) is 18.2 Å². The number of hydrogen-bond acceptors (Lipinski definition) is 1. The molecular weight excluding hydrogens is 273 g/mol. The molecule has 1 aromatic carbocycles. The summed E-state index contributed by atoms with van der Waals surface area (Å²) in [6.45, 7) is 0. The predicted octanol–water partition coefficient (Wildman–Crippen LogP) is 3.68. The smallest absolute Gasteiger partial charge is 0.299 e. The summed E-state index contributed by atoms with van der Waals surface area (Å²) in [6, 6.07) is 3.46. The van der Waals surface area contributed by atoms with Crippen LogP contribution in [0.2, 0.25) is 0 Å². The van der Waals surface area contributed by atoms with Gasteiger partial charge in [0.15, 0.2) is 0 Å². The molecule has 1 nitrogen and oxygen atoms in total. The zero-order chi connectivity index (χ0) is 11.5. The molecule has 0 atom stereocenters. The molecule has 0 N–H and O–H groups in total. The van der Waals surface area contributed by atoms with Gasteiger partial charge in [-0.05, 0) is 29.8 Å². The van der Waals surface area contributed by atoms with E-state index in [1.807, 2.05) is 0 Å². The van der Waals surface area contributed by atoms with Gasteiger partial charge in [-0.25, -0.2) is 0 Å². The van der Waals surface area contributed by atoms with Gasteiger partial charge in [-0.2, -0.15) is 13.2 Å². The molecule has 0 radical (unpaired) electrons. The van der Waals surface area contributed by atoms with Crippen LogP contribution in [0, 0.1) is 0 Å². The summed E-state index contributed by atoms with van der Waals surface area (Å²) in [5.74, 6) is 0. The molecule has 0 aromatic heterocycles. The third-order valence-electron chi connectivity index (χ3n) is 1.61. The van der Waals surface area contributed by atoms with Crippen LogP contribution in [0.25, 0.3) is 6.08 Å². The third kappa shape index (κ3) is 3.51. The van der Waals surface area contributed by atoms with Crippen LogP contribution in [-0.4, -0.2) is 6.29 Å². The summed E-state index contributed by atoms with van der Waals surface area (Å²) in [5.41, 5.74) is -0.425. The van der Waals surface area contributed by atoms with Crippen molar-refractivity contribution in [1.29, 1.82) is 0 Å². The zero-order valence-corrected chi connectivity index (χ0v) is 8.97. The fraction of sp³-hybridized carbons (Fsp3) is 0.100. The highest BCUT2D eigenvalue weighted by Gasteiger charge is 2.30. The number of carbonyl (C=O) groups excluding carboxylic acids is 1. The van der Waals surface area contributed by atoms with Crippen molar-refractivity contribution in [2.75, 3.05) is 0 Å². The lowest BCUT2D eigenvalue weighted by Gasteiger charge is -2.07. The van der Waals surface area contributed by atoms with Crippen molar-refractivity contribution in [1.82, 2.24) is 0 Å². The van der Waals surface area contributed by atoms with E-state index in [2.05, 4.69) is 15.9 Å². The van der Waals surface area contributed by atoms with Crippen molar-refractivity contribution in [3.63, 3.8) is 0 Å². The van der Waals surface area contributed by atoms with Crippen LogP contribution in [-0.2, 0) is 11.0 Å². The van der Waals surface area contributed by atoms with Gasteiger partial charge in [0.1, 0.15) is 6.29 Å². The number of rotatable bonds is 2. The molecule has 0 saturated heterocycles. The SMILES string of the molecule is O=C/C=C/c1cc(Br)cc(C(F)(F)F)c1. The van der Waals surface area contributed by atoms with Gasteiger partial charge in [0.05, 0.1) is 5.56 Å². The largest absolute Gasteiger partial charge is 0.416 e. The molecule has 0 unspecified atom stereocenters. The Balaban J connectivity index is 3.16. The highest BCUT2D eigenvalue weighted by molar-refractivity contribution is 9.10. The van der Waals surface area contributed by atoms with Crippen molar-refractivity contribution >= 4 is 28.3 Å². The maximum absolute atomic E-state index is 12.4. The van der Waals surface area contributed by atoms with Crippen molar-refractivity contribution in [3.05, 3.63) is 39.9 Å². The normalized spacial score (nSPS) is 12.0. The Labute approximate surface area is 92.7 Å². The van der Waals surface area contributed by atoms with Crippen LogP contribution in [0.1, 0.15) is 11.1 Å². The Morgan fingerprint density at radius 2 is 1.87 bits per heavy atom. The Morgan fingerprint density at radius 1 is 1.20 bits per heavy atom. The van der Waals surface area contributed by atoms with Gasteiger partial charge >= 0.3 is 6.18 Å². The first-order valence-electron chi connectivity index (χ1n) is 3.93. The van der Waals surface area contributed by atoms with Gasteiger partial charge in [-0.1, -0.05) is 22.0 Å². The number of allylic oxidation sites excluding steroid dienone is 1. The van der Waals surface area contributed by atoms with Gasteiger partial charge in [-0.3, -0.25) is 4.79 Å². The van der Waals surface area contributed by atoms with E-state index >= 15 is 0 Å². The molecular formula is C10H6BrF3O. The molecule has 0 aliphatic heterocycles. The molecule has 0 aliphatic rings. The topological polar surface area (TPSA) is 17.1 Å². The highest BCUT2D eigenvalue weighted by Crippen LogP contribution is 2.32. The molecule has 0 saturated carbocycles. The van der Waals surface area contributed by atoms with E-state index in [4.69, 9.17) is 0 Å². The zero-order valence-electron chi connectivity index (χ0n) is 7.38. The highest BCUT2D eigenvalue weighted by atomic mass is 79.9. The predicted molar refractivity (Wildman–Crippen MR) is 54.2 cm³/mol. The summed E-state index contributed by atoms with van der Waals surface area (Å²) in [4.78, 5) is 10.0. The van der Waals surface area contributed by atoms with Crippen molar-refractivity contribution in [3.8, 4) is 0 Å². The van der Waals surface area contributed by atoms with Crippen LogP contribution < -0.4 is 0 Å². The summed E-state index contributed by atoms with van der Waals surface area (Å²) in [6.07, 6.45) is -1.42. The number of hydrogen-bond donors (Lipinski definition) is 0. The third-order valence-corrected chi connectivity index (χ3v) is 2.07. The quantitative estimate of drug-likeness (QED) is 0.596. The first-order chi connectivity index (χ1) is 6.93. The molecule has 0 heterocycles. The minimum absolute atomic E-state index is 0.322. The van der Waals surface area contributed by atoms with Gasteiger partial charge < -0.3 is 0 Å². The van der Waals surface area contributed by atoms with Crippen LogP contribution in [0.15, 0.2) is 28.7 Å². The maximum Gasteiger partial charge on any atom is 0.416 e. The number of alkyl halides is 3. The lowest BCUT2D eigenvalue weighted by atomic mass is 10.1. The lowest BCUT2D eigenvalue weighted by molar-refractivity contribution is -0.137. The summed E-state index contributed by atoms with van der Waals surface area (Å²) in [5, 5.41) is 0. The average molecular weight is 279 g/mol. The van der Waals surface area contributed by atoms with Gasteiger partial charge in [0, 0.05) is 4.47 Å². The van der Waals surface area contributed by atoms with Gasteiger partial charge in [0.2, 0.25) is 0 Å². The number of benzene rings is 1. The van der Waals surface area contributed by atoms with Crippen molar-refractivity contribution < 1.29 is 18.0 Å². The van der Waals surface area contributed by atoms with Crippen LogP contribution >= 0.6 is 15.9 Å². The van der Waals surface area contributed by atoms with E-state index in [0.29, 0.717) is 16.3 Å². The summed E-state index contributed by atoms with van der Waals surface area (Å²) >= 11 is 2.98. The monoisotopic (exact) mass is 278 g/mol. The van der Waals surface area contributed by atoms with Crippen molar-refractivity contribution in [2.24, 2.45) is 0 Å². The first kappa shape index (κ1) is 12.0. The molecule has 1 aromatic rings. The molecule has 80 valence electrons. The van der Waals surface area contributed by atoms with E-state index in [-0.39, 0.29) is 0 Å². The van der Waals surface area contributed by atoms with Crippen LogP contribution in [0.5, 0.6) is 0 Å². The Kier molecular flexibility index (Phi) is 3.68. The second-order valence-electron chi connectivity index (χ2n) is 2.77. The molecule has 0 spiro atoms.